The number of anilines is 3. The number of hydrogen-bond donors (Lipinski definition) is 0. The number of hydrogen-bond acceptors (Lipinski definition) is 4. The minimum atomic E-state index is -0.432. The SMILES string of the molecule is CC12C=C(C#N)C=CC1N(C1(C)C=CC=CC1c1ccc(-c3ccc(N4c5ccccc5C5C=CC=CC54)cc3)c(C#N)c1)c1ccccc12. The quantitative estimate of drug-likeness (QED) is 0.222. The fraction of sp³-hybridized carbons (Fsp3) is 0.174. The molecule has 6 unspecified atom stereocenters. The zero-order chi connectivity index (χ0) is 34.0. The maximum Gasteiger partial charge on any atom is 0.0998 e. The highest BCUT2D eigenvalue weighted by Gasteiger charge is 2.53. The molecular weight excluding hydrogens is 609 g/mol. The van der Waals surface area contributed by atoms with Gasteiger partial charge in [0.1, 0.15) is 0 Å². The van der Waals surface area contributed by atoms with Gasteiger partial charge in [-0.2, -0.15) is 10.5 Å². The van der Waals surface area contributed by atoms with E-state index >= 15 is 0 Å². The van der Waals surface area contributed by atoms with Crippen molar-refractivity contribution in [1.29, 1.82) is 10.5 Å². The molecule has 0 spiro atoms. The van der Waals surface area contributed by atoms with E-state index in [0.717, 1.165) is 22.4 Å². The lowest BCUT2D eigenvalue weighted by molar-refractivity contribution is 0.404. The van der Waals surface area contributed by atoms with Gasteiger partial charge in [0.15, 0.2) is 0 Å². The van der Waals surface area contributed by atoms with Crippen molar-refractivity contribution in [2.24, 2.45) is 0 Å². The van der Waals surface area contributed by atoms with Gasteiger partial charge in [0, 0.05) is 39.9 Å². The predicted octanol–water partition coefficient (Wildman–Crippen LogP) is 10.1. The molecule has 4 aromatic carbocycles. The summed E-state index contributed by atoms with van der Waals surface area (Å²) >= 11 is 0. The molecule has 6 atom stereocenters. The van der Waals surface area contributed by atoms with E-state index in [4.69, 9.17) is 0 Å². The third-order valence-electron chi connectivity index (χ3n) is 11.6. The van der Waals surface area contributed by atoms with Crippen LogP contribution in [0.25, 0.3) is 11.1 Å². The maximum absolute atomic E-state index is 10.5. The van der Waals surface area contributed by atoms with Crippen molar-refractivity contribution in [2.45, 2.75) is 48.7 Å². The van der Waals surface area contributed by atoms with Gasteiger partial charge in [-0.25, -0.2) is 0 Å². The standard InChI is InChI=1S/C46H36N4/c1-45-28-31(29-47)18-25-44(45)50(43-17-8-5-14-40(43)45)46(2)26-10-9-13-39(46)33-21-24-36(34(27-33)30-48)32-19-22-35(23-20-32)49-41-15-6-3-11-37(41)38-12-4-7-16-42(38)49/h3-28,37,39,41,44H,1-2H3. The molecule has 4 nitrogen and oxygen atoms in total. The average Bonchev–Trinajstić information content (AvgIpc) is 3.64. The van der Waals surface area contributed by atoms with Crippen LogP contribution < -0.4 is 9.80 Å². The molecule has 0 saturated carbocycles. The van der Waals surface area contributed by atoms with Crippen molar-refractivity contribution < 1.29 is 0 Å². The molecule has 0 amide bonds. The fourth-order valence-corrected chi connectivity index (χ4v) is 9.25. The molecule has 0 aromatic heterocycles. The highest BCUT2D eigenvalue weighted by Crippen LogP contribution is 2.55. The molecule has 0 radical (unpaired) electrons. The van der Waals surface area contributed by atoms with Crippen LogP contribution in [-0.2, 0) is 5.41 Å². The molecule has 0 N–H and O–H groups in total. The number of fused-ring (bicyclic) bond motifs is 6. The van der Waals surface area contributed by atoms with E-state index in [2.05, 4.69) is 188 Å². The van der Waals surface area contributed by atoms with Crippen molar-refractivity contribution in [3.05, 3.63) is 186 Å². The van der Waals surface area contributed by atoms with E-state index in [1.54, 1.807) is 0 Å². The van der Waals surface area contributed by atoms with Crippen LogP contribution >= 0.6 is 0 Å². The molecule has 5 aliphatic rings. The average molecular weight is 645 g/mol. The Kier molecular flexibility index (Phi) is 6.74. The number of para-hydroxylation sites is 2. The van der Waals surface area contributed by atoms with E-state index in [1.807, 2.05) is 6.08 Å². The molecule has 0 saturated heterocycles. The lowest BCUT2D eigenvalue weighted by atomic mass is 9.72. The second-order valence-corrected chi connectivity index (χ2v) is 14.3. The van der Waals surface area contributed by atoms with Gasteiger partial charge in [-0.15, -0.1) is 0 Å². The molecule has 3 aliphatic carbocycles. The number of nitrogens with zero attached hydrogens (tertiary/aromatic N) is 4. The van der Waals surface area contributed by atoms with Gasteiger partial charge in [-0.05, 0) is 78.1 Å². The van der Waals surface area contributed by atoms with Gasteiger partial charge < -0.3 is 9.80 Å². The summed E-state index contributed by atoms with van der Waals surface area (Å²) in [5.41, 5.74) is 9.80. The number of allylic oxidation sites excluding steroid dienone is 6. The van der Waals surface area contributed by atoms with Crippen molar-refractivity contribution in [2.75, 3.05) is 9.80 Å². The van der Waals surface area contributed by atoms with Crippen molar-refractivity contribution in [3.8, 4) is 23.3 Å². The lowest BCUT2D eigenvalue weighted by Crippen LogP contribution is -2.56. The third-order valence-corrected chi connectivity index (χ3v) is 11.6. The Hall–Kier alpha value is -6.10. The third kappa shape index (κ3) is 4.28. The molecule has 2 heterocycles. The predicted molar refractivity (Wildman–Crippen MR) is 202 cm³/mol. The lowest BCUT2D eigenvalue weighted by Gasteiger charge is -2.49. The van der Waals surface area contributed by atoms with Gasteiger partial charge in [0.05, 0.1) is 35.3 Å². The van der Waals surface area contributed by atoms with E-state index in [0.29, 0.717) is 17.1 Å². The van der Waals surface area contributed by atoms with Gasteiger partial charge in [-0.1, -0.05) is 121 Å². The fourth-order valence-electron chi connectivity index (χ4n) is 9.25. The Morgan fingerprint density at radius 1 is 0.720 bits per heavy atom. The Morgan fingerprint density at radius 3 is 2.30 bits per heavy atom. The minimum Gasteiger partial charge on any atom is -0.354 e. The summed E-state index contributed by atoms with van der Waals surface area (Å²) in [6.45, 7) is 4.55. The molecule has 2 aliphatic heterocycles. The molecule has 4 aromatic rings. The molecule has 4 heteroatoms. The Labute approximate surface area is 294 Å². The van der Waals surface area contributed by atoms with E-state index in [9.17, 15) is 10.5 Å². The first-order valence-corrected chi connectivity index (χ1v) is 17.4. The van der Waals surface area contributed by atoms with Gasteiger partial charge >= 0.3 is 0 Å². The second-order valence-electron chi connectivity index (χ2n) is 14.3. The summed E-state index contributed by atoms with van der Waals surface area (Å²) < 4.78 is 0. The number of nitriles is 2. The maximum atomic E-state index is 10.5. The molecular formula is C46H36N4. The van der Waals surface area contributed by atoms with Gasteiger partial charge in [0.2, 0.25) is 0 Å². The Balaban J connectivity index is 1.06. The van der Waals surface area contributed by atoms with Crippen molar-refractivity contribution >= 4 is 17.1 Å². The largest absolute Gasteiger partial charge is 0.354 e. The minimum absolute atomic E-state index is 0.0121. The summed E-state index contributed by atoms with van der Waals surface area (Å²) in [4.78, 5) is 4.97. The van der Waals surface area contributed by atoms with Crippen molar-refractivity contribution in [3.63, 3.8) is 0 Å². The van der Waals surface area contributed by atoms with Crippen LogP contribution in [0, 0.1) is 22.7 Å². The zero-order valence-electron chi connectivity index (χ0n) is 28.1. The van der Waals surface area contributed by atoms with Crippen molar-refractivity contribution in [1.82, 2.24) is 0 Å². The van der Waals surface area contributed by atoms with Crippen LogP contribution in [0.5, 0.6) is 0 Å². The molecule has 0 bridgehead atoms. The Bertz CT molecular complexity index is 2320. The molecule has 240 valence electrons. The summed E-state index contributed by atoms with van der Waals surface area (Å²) in [7, 11) is 0. The number of benzene rings is 4. The number of rotatable bonds is 4. The van der Waals surface area contributed by atoms with E-state index in [-0.39, 0.29) is 23.4 Å². The van der Waals surface area contributed by atoms with Crippen LogP contribution in [0.4, 0.5) is 17.1 Å². The monoisotopic (exact) mass is 644 g/mol. The first-order valence-electron chi connectivity index (χ1n) is 17.4. The highest BCUT2D eigenvalue weighted by molar-refractivity contribution is 5.79. The molecule has 9 rings (SSSR count). The van der Waals surface area contributed by atoms with Gasteiger partial charge in [0.25, 0.3) is 0 Å². The van der Waals surface area contributed by atoms with Crippen LogP contribution in [0.1, 0.15) is 47.9 Å². The normalized spacial score (nSPS) is 28.0. The molecule has 50 heavy (non-hydrogen) atoms. The zero-order valence-corrected chi connectivity index (χ0v) is 28.1. The van der Waals surface area contributed by atoms with E-state index in [1.165, 1.54) is 22.5 Å². The summed E-state index contributed by atoms with van der Waals surface area (Å²) in [5.74, 6) is 0.327. The first-order chi connectivity index (χ1) is 24.4. The summed E-state index contributed by atoms with van der Waals surface area (Å²) in [6, 6.07) is 37.6. The topological polar surface area (TPSA) is 54.1 Å². The van der Waals surface area contributed by atoms with E-state index < -0.39 is 5.54 Å². The highest BCUT2D eigenvalue weighted by atomic mass is 15.3. The van der Waals surface area contributed by atoms with Gasteiger partial charge in [-0.3, -0.25) is 0 Å². The summed E-state index contributed by atoms with van der Waals surface area (Å²) in [6.07, 6.45) is 24.0. The Morgan fingerprint density at radius 2 is 1.48 bits per heavy atom. The van der Waals surface area contributed by atoms with Crippen LogP contribution in [-0.4, -0.2) is 17.6 Å². The van der Waals surface area contributed by atoms with Crippen LogP contribution in [0.2, 0.25) is 0 Å². The van der Waals surface area contributed by atoms with Crippen LogP contribution in [0.15, 0.2) is 163 Å². The second kappa shape index (κ2) is 11.2. The molecule has 0 fully saturated rings. The first kappa shape index (κ1) is 30.0. The smallest absolute Gasteiger partial charge is 0.0998 e. The summed E-state index contributed by atoms with van der Waals surface area (Å²) in [5, 5.41) is 20.3. The van der Waals surface area contributed by atoms with Crippen LogP contribution in [0.3, 0.4) is 0 Å².